The summed E-state index contributed by atoms with van der Waals surface area (Å²) in [4.78, 5) is 39.4. The second kappa shape index (κ2) is 8.94. The van der Waals surface area contributed by atoms with Crippen LogP contribution < -0.4 is 5.32 Å². The zero-order valence-corrected chi connectivity index (χ0v) is 14.3. The molecule has 2 aromatic rings. The predicted octanol–water partition coefficient (Wildman–Crippen LogP) is 2.21. The molecule has 0 aliphatic rings. The lowest BCUT2D eigenvalue weighted by atomic mass is 10.0. The quantitative estimate of drug-likeness (QED) is 0.604. The molecule has 6 nitrogen and oxygen atoms in total. The molecule has 1 heterocycles. The summed E-state index contributed by atoms with van der Waals surface area (Å²) >= 11 is 5.79. The summed E-state index contributed by atoms with van der Waals surface area (Å²) in [6, 6.07) is 11.6. The number of hydrogen-bond acceptors (Lipinski definition) is 5. The summed E-state index contributed by atoms with van der Waals surface area (Å²) in [5.74, 6) is -1.50. The van der Waals surface area contributed by atoms with E-state index in [1.807, 2.05) is 30.3 Å². The Bertz CT molecular complexity index is 765. The highest BCUT2D eigenvalue weighted by molar-refractivity contribution is 6.32. The van der Waals surface area contributed by atoms with Gasteiger partial charge in [0.15, 0.2) is 12.4 Å². The minimum atomic E-state index is -0.754. The second-order valence-electron chi connectivity index (χ2n) is 5.34. The summed E-state index contributed by atoms with van der Waals surface area (Å²) in [7, 11) is 0. The fourth-order valence-electron chi connectivity index (χ4n) is 2.13. The number of ketones is 1. The minimum Gasteiger partial charge on any atom is -0.452 e. The van der Waals surface area contributed by atoms with Crippen LogP contribution in [0.3, 0.4) is 0 Å². The second-order valence-corrected chi connectivity index (χ2v) is 5.70. The van der Waals surface area contributed by atoms with Crippen LogP contribution in [-0.2, 0) is 20.7 Å². The molecule has 1 N–H and O–H groups in total. The Balaban J connectivity index is 1.90. The van der Waals surface area contributed by atoms with Crippen molar-refractivity contribution in [3.05, 3.63) is 64.9 Å². The van der Waals surface area contributed by atoms with Crippen LogP contribution in [0.2, 0.25) is 5.15 Å². The molecule has 0 radical (unpaired) electrons. The molecule has 0 aliphatic carbocycles. The van der Waals surface area contributed by atoms with Gasteiger partial charge in [-0.3, -0.25) is 9.59 Å². The molecule has 2 rings (SSSR count). The number of pyridine rings is 1. The van der Waals surface area contributed by atoms with E-state index in [9.17, 15) is 14.4 Å². The number of hydrogen-bond donors (Lipinski definition) is 1. The topological polar surface area (TPSA) is 85.4 Å². The minimum absolute atomic E-state index is 0.00130. The van der Waals surface area contributed by atoms with E-state index in [-0.39, 0.29) is 16.5 Å². The van der Waals surface area contributed by atoms with Gasteiger partial charge in [-0.15, -0.1) is 0 Å². The first-order valence-electron chi connectivity index (χ1n) is 7.58. The first kappa shape index (κ1) is 18.6. The van der Waals surface area contributed by atoms with Crippen LogP contribution >= 0.6 is 11.6 Å². The van der Waals surface area contributed by atoms with Gasteiger partial charge in [0.2, 0.25) is 0 Å². The van der Waals surface area contributed by atoms with Gasteiger partial charge in [-0.1, -0.05) is 41.9 Å². The maximum absolute atomic E-state index is 12.0. The largest absolute Gasteiger partial charge is 0.452 e. The Hall–Kier alpha value is -2.73. The van der Waals surface area contributed by atoms with Crippen LogP contribution in [-0.4, -0.2) is 35.3 Å². The van der Waals surface area contributed by atoms with Crippen molar-refractivity contribution in [2.24, 2.45) is 0 Å². The Morgan fingerprint density at radius 3 is 2.52 bits per heavy atom. The number of aromatic nitrogens is 1. The first-order valence-corrected chi connectivity index (χ1v) is 7.96. The third-order valence-electron chi connectivity index (χ3n) is 3.42. The third kappa shape index (κ3) is 5.69. The Labute approximate surface area is 150 Å². The van der Waals surface area contributed by atoms with Gasteiger partial charge >= 0.3 is 5.97 Å². The molecular weight excluding hydrogens is 344 g/mol. The van der Waals surface area contributed by atoms with Gasteiger partial charge in [0.25, 0.3) is 5.91 Å². The molecule has 1 aromatic heterocycles. The number of carbonyl (C=O) groups is 3. The van der Waals surface area contributed by atoms with Crippen LogP contribution in [0.4, 0.5) is 0 Å². The zero-order chi connectivity index (χ0) is 18.2. The van der Waals surface area contributed by atoms with Crippen molar-refractivity contribution in [1.82, 2.24) is 10.3 Å². The van der Waals surface area contributed by atoms with E-state index in [4.69, 9.17) is 16.3 Å². The van der Waals surface area contributed by atoms with Gasteiger partial charge in [-0.2, -0.15) is 0 Å². The number of amides is 1. The predicted molar refractivity (Wildman–Crippen MR) is 92.3 cm³/mol. The Kier molecular flexibility index (Phi) is 6.65. The molecule has 0 aliphatic heterocycles. The molecule has 130 valence electrons. The lowest BCUT2D eigenvalue weighted by Gasteiger charge is -2.16. The molecule has 1 aromatic carbocycles. The van der Waals surface area contributed by atoms with E-state index < -0.39 is 24.5 Å². The Morgan fingerprint density at radius 2 is 1.88 bits per heavy atom. The number of ether oxygens (including phenoxy) is 1. The molecule has 1 atom stereocenters. The fraction of sp³-hybridized carbons (Fsp3) is 0.222. The standard InChI is InChI=1S/C18H17ClN2O4/c1-12(22)15(10-13-6-3-2-4-7-13)21-16(23)11-25-18(24)14-8-5-9-20-17(14)19/h2-9,15H,10-11H2,1H3,(H,21,23). The van der Waals surface area contributed by atoms with Crippen molar-refractivity contribution in [2.45, 2.75) is 19.4 Å². The lowest BCUT2D eigenvalue weighted by molar-refractivity contribution is -0.128. The number of esters is 1. The van der Waals surface area contributed by atoms with Crippen LogP contribution in [0.25, 0.3) is 0 Å². The molecule has 0 fully saturated rings. The van der Waals surface area contributed by atoms with Crippen LogP contribution in [0.15, 0.2) is 48.7 Å². The zero-order valence-electron chi connectivity index (χ0n) is 13.6. The fourth-order valence-corrected chi connectivity index (χ4v) is 2.33. The van der Waals surface area contributed by atoms with Crippen molar-refractivity contribution >= 4 is 29.3 Å². The number of rotatable bonds is 7. The van der Waals surface area contributed by atoms with Gasteiger partial charge in [0.1, 0.15) is 5.15 Å². The van der Waals surface area contributed by atoms with Gasteiger partial charge < -0.3 is 10.1 Å². The van der Waals surface area contributed by atoms with Crippen molar-refractivity contribution in [1.29, 1.82) is 0 Å². The van der Waals surface area contributed by atoms with Crippen molar-refractivity contribution in [3.63, 3.8) is 0 Å². The number of carbonyl (C=O) groups excluding carboxylic acids is 3. The molecule has 0 bridgehead atoms. The molecule has 0 spiro atoms. The van der Waals surface area contributed by atoms with Gasteiger partial charge in [0.05, 0.1) is 11.6 Å². The number of nitrogens with one attached hydrogen (secondary N) is 1. The Morgan fingerprint density at radius 1 is 1.16 bits per heavy atom. The van der Waals surface area contributed by atoms with Crippen molar-refractivity contribution < 1.29 is 19.1 Å². The van der Waals surface area contributed by atoms with E-state index in [0.717, 1.165) is 5.56 Å². The van der Waals surface area contributed by atoms with Crippen LogP contribution in [0, 0.1) is 0 Å². The smallest absolute Gasteiger partial charge is 0.341 e. The maximum atomic E-state index is 12.0. The highest BCUT2D eigenvalue weighted by atomic mass is 35.5. The van der Waals surface area contributed by atoms with Gasteiger partial charge in [0, 0.05) is 6.20 Å². The summed E-state index contributed by atoms with van der Waals surface area (Å²) in [6.07, 6.45) is 1.80. The van der Waals surface area contributed by atoms with E-state index >= 15 is 0 Å². The average Bonchev–Trinajstić information content (AvgIpc) is 2.60. The molecule has 1 amide bonds. The molecule has 25 heavy (non-hydrogen) atoms. The van der Waals surface area contributed by atoms with Gasteiger partial charge in [-0.05, 0) is 31.0 Å². The van der Waals surface area contributed by atoms with Crippen LogP contribution in [0.5, 0.6) is 0 Å². The highest BCUT2D eigenvalue weighted by Crippen LogP contribution is 2.12. The average molecular weight is 361 g/mol. The molecular formula is C18H17ClN2O4. The maximum Gasteiger partial charge on any atom is 0.341 e. The highest BCUT2D eigenvalue weighted by Gasteiger charge is 2.19. The molecule has 0 saturated carbocycles. The van der Waals surface area contributed by atoms with Crippen molar-refractivity contribution in [2.75, 3.05) is 6.61 Å². The number of nitrogens with zero attached hydrogens (tertiary/aromatic N) is 1. The summed E-state index contributed by atoms with van der Waals surface area (Å²) in [5.41, 5.74) is 0.992. The molecule has 1 unspecified atom stereocenters. The number of benzene rings is 1. The monoisotopic (exact) mass is 360 g/mol. The summed E-state index contributed by atoms with van der Waals surface area (Å²) in [6.45, 7) is 0.887. The number of Topliss-reactive ketones (excluding diaryl/α,β-unsaturated/α-hetero) is 1. The van der Waals surface area contributed by atoms with Crippen LogP contribution in [0.1, 0.15) is 22.8 Å². The summed E-state index contributed by atoms with van der Waals surface area (Å²) in [5, 5.41) is 2.57. The van der Waals surface area contributed by atoms with E-state index in [2.05, 4.69) is 10.3 Å². The van der Waals surface area contributed by atoms with E-state index in [1.165, 1.54) is 25.3 Å². The SMILES string of the molecule is CC(=O)C(Cc1ccccc1)NC(=O)COC(=O)c1cccnc1Cl. The van der Waals surface area contributed by atoms with E-state index in [0.29, 0.717) is 6.42 Å². The van der Waals surface area contributed by atoms with Crippen molar-refractivity contribution in [3.8, 4) is 0 Å². The third-order valence-corrected chi connectivity index (χ3v) is 3.72. The molecule has 7 heteroatoms. The van der Waals surface area contributed by atoms with Gasteiger partial charge in [-0.25, -0.2) is 9.78 Å². The summed E-state index contributed by atoms with van der Waals surface area (Å²) < 4.78 is 4.91. The molecule has 0 saturated heterocycles. The number of halogens is 1. The normalized spacial score (nSPS) is 11.4. The first-order chi connectivity index (χ1) is 12.0. The van der Waals surface area contributed by atoms with E-state index in [1.54, 1.807) is 0 Å². The lowest BCUT2D eigenvalue weighted by Crippen LogP contribution is -2.43.